The monoisotopic (exact) mass is 447 g/mol. The van der Waals surface area contributed by atoms with Gasteiger partial charge in [-0.2, -0.15) is 0 Å². The van der Waals surface area contributed by atoms with Gasteiger partial charge in [-0.25, -0.2) is 0 Å². The van der Waals surface area contributed by atoms with E-state index >= 15 is 0 Å². The van der Waals surface area contributed by atoms with E-state index in [1.165, 1.54) is 16.7 Å². The first kappa shape index (κ1) is 25.1. The van der Waals surface area contributed by atoms with Crippen molar-refractivity contribution in [3.8, 4) is 0 Å². The minimum atomic E-state index is 0.0233. The van der Waals surface area contributed by atoms with Crippen LogP contribution in [0.2, 0.25) is 0 Å². The minimum absolute atomic E-state index is 0.0233. The van der Waals surface area contributed by atoms with Gasteiger partial charge in [-0.3, -0.25) is 14.8 Å². The van der Waals surface area contributed by atoms with E-state index < -0.39 is 0 Å². The lowest BCUT2D eigenvalue weighted by atomic mass is 9.81. The van der Waals surface area contributed by atoms with Gasteiger partial charge in [0.2, 0.25) is 5.91 Å². The molecule has 1 fully saturated rings. The summed E-state index contributed by atoms with van der Waals surface area (Å²) in [6.07, 6.45) is 10.8. The van der Waals surface area contributed by atoms with Gasteiger partial charge in [-0.15, -0.1) is 0 Å². The maximum Gasteiger partial charge on any atom is 0.223 e. The number of hydrogen-bond donors (Lipinski definition) is 1. The normalized spacial score (nSPS) is 19.7. The van der Waals surface area contributed by atoms with Crippen LogP contribution in [-0.2, 0) is 11.2 Å². The molecule has 2 aromatic rings. The fourth-order valence-electron chi connectivity index (χ4n) is 5.32. The van der Waals surface area contributed by atoms with Crippen LogP contribution in [0, 0.1) is 12.8 Å². The summed E-state index contributed by atoms with van der Waals surface area (Å²) >= 11 is 0. The summed E-state index contributed by atoms with van der Waals surface area (Å²) < 4.78 is 0. The molecule has 1 aliphatic rings. The number of benzene rings is 1. The van der Waals surface area contributed by atoms with Gasteiger partial charge >= 0.3 is 0 Å². The zero-order valence-corrected chi connectivity index (χ0v) is 21.1. The predicted octanol–water partition coefficient (Wildman–Crippen LogP) is 6.36. The molecule has 4 nitrogen and oxygen atoms in total. The molecule has 0 saturated heterocycles. The number of carbonyl (C=O) groups excluding carboxylic acids is 1. The van der Waals surface area contributed by atoms with Crippen molar-refractivity contribution in [2.24, 2.45) is 10.9 Å². The highest BCUT2D eigenvalue weighted by molar-refractivity contribution is 5.83. The lowest BCUT2D eigenvalue weighted by molar-refractivity contribution is -0.126. The molecule has 0 radical (unpaired) electrons. The summed E-state index contributed by atoms with van der Waals surface area (Å²) in [5.74, 6) is 1.07. The maximum atomic E-state index is 13.4. The van der Waals surface area contributed by atoms with Crippen LogP contribution >= 0.6 is 0 Å². The lowest BCUT2D eigenvalue weighted by Crippen LogP contribution is -2.42. The zero-order valence-electron chi connectivity index (χ0n) is 21.1. The summed E-state index contributed by atoms with van der Waals surface area (Å²) in [6, 6.07) is 10.9. The third-order valence-corrected chi connectivity index (χ3v) is 7.06. The van der Waals surface area contributed by atoms with Crippen LogP contribution in [-0.4, -0.2) is 30.2 Å². The van der Waals surface area contributed by atoms with Crippen molar-refractivity contribution in [1.82, 2.24) is 10.3 Å². The SMILES string of the molecule is CCC[C@@H](Cc1ccccc1C(C)C)C(=O)N[C@@H]1CCCC(c2nccc(C)c2C=NC)C1. The van der Waals surface area contributed by atoms with Gasteiger partial charge in [0.15, 0.2) is 0 Å². The van der Waals surface area contributed by atoms with Crippen molar-refractivity contribution < 1.29 is 4.79 Å². The Morgan fingerprint density at radius 1 is 1.24 bits per heavy atom. The Kier molecular flexibility index (Phi) is 9.22. The first-order chi connectivity index (χ1) is 15.9. The molecule has 3 atom stereocenters. The predicted molar refractivity (Wildman–Crippen MR) is 138 cm³/mol. The van der Waals surface area contributed by atoms with Crippen molar-refractivity contribution in [2.75, 3.05) is 7.05 Å². The fraction of sp³-hybridized carbons (Fsp3) is 0.552. The Labute approximate surface area is 200 Å². The van der Waals surface area contributed by atoms with Crippen molar-refractivity contribution >= 4 is 12.1 Å². The standard InChI is InChI=1S/C29H41N3O/c1-6-10-24(17-22-11-7-8-14-26(22)20(2)3)29(33)32-25-13-9-12-23(18-25)28-27(19-30-5)21(4)15-16-31-28/h7-8,11,14-16,19-20,23-25H,6,9-10,12-13,17-18H2,1-5H3,(H,32,33)/t23?,24-,25+/m0/s1. The average Bonchev–Trinajstić information content (AvgIpc) is 2.80. The molecule has 33 heavy (non-hydrogen) atoms. The number of amides is 1. The van der Waals surface area contributed by atoms with Crippen LogP contribution in [0.1, 0.15) is 99.1 Å². The molecule has 1 aromatic heterocycles. The first-order valence-electron chi connectivity index (χ1n) is 12.7. The molecule has 0 aliphatic heterocycles. The number of aliphatic imine (C=N–C) groups is 1. The number of aromatic nitrogens is 1. The number of nitrogens with one attached hydrogen (secondary N) is 1. The smallest absolute Gasteiger partial charge is 0.223 e. The Morgan fingerprint density at radius 2 is 2.03 bits per heavy atom. The maximum absolute atomic E-state index is 13.4. The number of aryl methyl sites for hydroxylation is 1. The van der Waals surface area contributed by atoms with Crippen molar-refractivity contribution in [2.45, 2.75) is 90.5 Å². The van der Waals surface area contributed by atoms with Gasteiger partial charge in [-0.1, -0.05) is 57.9 Å². The van der Waals surface area contributed by atoms with Crippen LogP contribution in [0.25, 0.3) is 0 Å². The van der Waals surface area contributed by atoms with E-state index in [2.05, 4.69) is 62.3 Å². The Balaban J connectivity index is 1.71. The van der Waals surface area contributed by atoms with Gasteiger partial charge in [-0.05, 0) is 67.7 Å². The summed E-state index contributed by atoms with van der Waals surface area (Å²) in [6.45, 7) is 8.75. The molecule has 1 amide bonds. The van der Waals surface area contributed by atoms with Crippen molar-refractivity contribution in [3.05, 3.63) is 64.5 Å². The van der Waals surface area contributed by atoms with Crippen LogP contribution in [0.15, 0.2) is 41.5 Å². The zero-order chi connectivity index (χ0) is 23.8. The second-order valence-corrected chi connectivity index (χ2v) is 9.93. The van der Waals surface area contributed by atoms with Crippen molar-refractivity contribution in [3.63, 3.8) is 0 Å². The quantitative estimate of drug-likeness (QED) is 0.455. The molecule has 1 aromatic carbocycles. The molecule has 1 saturated carbocycles. The topological polar surface area (TPSA) is 54.4 Å². The van der Waals surface area contributed by atoms with E-state index in [1.807, 2.05) is 25.5 Å². The highest BCUT2D eigenvalue weighted by atomic mass is 16.1. The van der Waals surface area contributed by atoms with Gasteiger partial charge in [0.25, 0.3) is 0 Å². The molecule has 1 unspecified atom stereocenters. The number of nitrogens with zero attached hydrogens (tertiary/aromatic N) is 2. The lowest BCUT2D eigenvalue weighted by Gasteiger charge is -2.31. The summed E-state index contributed by atoms with van der Waals surface area (Å²) in [7, 11) is 1.81. The largest absolute Gasteiger partial charge is 0.353 e. The second kappa shape index (κ2) is 12.1. The van der Waals surface area contributed by atoms with E-state index in [0.717, 1.165) is 56.2 Å². The molecule has 4 heteroatoms. The van der Waals surface area contributed by atoms with E-state index in [0.29, 0.717) is 11.8 Å². The second-order valence-electron chi connectivity index (χ2n) is 9.93. The van der Waals surface area contributed by atoms with E-state index in [1.54, 1.807) is 0 Å². The van der Waals surface area contributed by atoms with Crippen LogP contribution in [0.5, 0.6) is 0 Å². The molecule has 0 bridgehead atoms. The molecule has 178 valence electrons. The van der Waals surface area contributed by atoms with E-state index in [-0.39, 0.29) is 17.9 Å². The summed E-state index contributed by atoms with van der Waals surface area (Å²) in [5, 5.41) is 3.44. The van der Waals surface area contributed by atoms with Gasteiger partial charge in [0.05, 0.1) is 5.69 Å². The average molecular weight is 448 g/mol. The Hall–Kier alpha value is -2.49. The number of pyridine rings is 1. The van der Waals surface area contributed by atoms with Crippen LogP contribution in [0.4, 0.5) is 0 Å². The van der Waals surface area contributed by atoms with Crippen LogP contribution < -0.4 is 5.32 Å². The van der Waals surface area contributed by atoms with Crippen LogP contribution in [0.3, 0.4) is 0 Å². The molecule has 1 heterocycles. The third-order valence-electron chi connectivity index (χ3n) is 7.06. The summed E-state index contributed by atoms with van der Waals surface area (Å²) in [5.41, 5.74) is 6.17. The minimum Gasteiger partial charge on any atom is -0.353 e. The molecular weight excluding hydrogens is 406 g/mol. The molecule has 3 rings (SSSR count). The molecule has 1 N–H and O–H groups in total. The molecule has 0 spiro atoms. The highest BCUT2D eigenvalue weighted by Crippen LogP contribution is 2.34. The Morgan fingerprint density at radius 3 is 2.76 bits per heavy atom. The van der Waals surface area contributed by atoms with Gasteiger partial charge in [0, 0.05) is 42.9 Å². The Bertz CT molecular complexity index is 950. The number of carbonyl (C=O) groups is 1. The molecular formula is C29H41N3O. The number of rotatable bonds is 9. The van der Waals surface area contributed by atoms with E-state index in [4.69, 9.17) is 4.98 Å². The van der Waals surface area contributed by atoms with E-state index in [9.17, 15) is 4.79 Å². The third kappa shape index (κ3) is 6.52. The molecule has 1 aliphatic carbocycles. The van der Waals surface area contributed by atoms with Gasteiger partial charge in [0.1, 0.15) is 0 Å². The fourth-order valence-corrected chi connectivity index (χ4v) is 5.32. The highest BCUT2D eigenvalue weighted by Gasteiger charge is 2.29. The van der Waals surface area contributed by atoms with Crippen molar-refractivity contribution in [1.29, 1.82) is 0 Å². The summed E-state index contributed by atoms with van der Waals surface area (Å²) in [4.78, 5) is 22.4. The first-order valence-corrected chi connectivity index (χ1v) is 12.7. The van der Waals surface area contributed by atoms with Gasteiger partial charge < -0.3 is 5.32 Å². The number of hydrogen-bond acceptors (Lipinski definition) is 3.